The van der Waals surface area contributed by atoms with Gasteiger partial charge in [0.15, 0.2) is 10.6 Å². The molecule has 0 rings (SSSR count). The van der Waals surface area contributed by atoms with Crippen LogP contribution in [0.5, 0.6) is 0 Å². The Kier molecular flexibility index (Phi) is 5.15. The summed E-state index contributed by atoms with van der Waals surface area (Å²) in [5.74, 6) is 0. The summed E-state index contributed by atoms with van der Waals surface area (Å²) in [6.45, 7) is 1.81. The molecule has 0 spiro atoms. The van der Waals surface area contributed by atoms with E-state index in [1.54, 1.807) is 12.2 Å². The van der Waals surface area contributed by atoms with Crippen LogP contribution in [0.2, 0.25) is 0 Å². The largest absolute Gasteiger partial charge is 0.300 e. The molecule has 0 fully saturated rings. The molecular weight excluding hydrogens is 206 g/mol. The van der Waals surface area contributed by atoms with Gasteiger partial charge in [0.05, 0.1) is 0 Å². The maximum Gasteiger partial charge on any atom is 0.176 e. The molecule has 0 aromatic rings. The maximum absolute atomic E-state index is 10.2. The first-order valence-corrected chi connectivity index (χ1v) is 4.32. The number of carbonyl (C=O) groups excluding carboxylic acids is 1. The Bertz CT molecular complexity index is 152. The molecule has 11 heavy (non-hydrogen) atoms. The molecule has 1 unspecified atom stereocenters. The molecule has 0 saturated heterocycles. The summed E-state index contributed by atoms with van der Waals surface area (Å²) in [6, 6.07) is 0. The van der Waals surface area contributed by atoms with Crippen molar-refractivity contribution in [1.29, 1.82) is 0 Å². The van der Waals surface area contributed by atoms with E-state index in [0.717, 1.165) is 0 Å². The van der Waals surface area contributed by atoms with Crippen LogP contribution >= 0.6 is 34.8 Å². The number of halogens is 3. The third-order valence-electron chi connectivity index (χ3n) is 0.964. The Morgan fingerprint density at radius 2 is 2.09 bits per heavy atom. The molecule has 0 aromatic carbocycles. The summed E-state index contributed by atoms with van der Waals surface area (Å²) in [4.78, 5) is 10.2. The van der Waals surface area contributed by atoms with Gasteiger partial charge in [0.2, 0.25) is 0 Å². The van der Waals surface area contributed by atoms with Crippen LogP contribution in [0.4, 0.5) is 0 Å². The summed E-state index contributed by atoms with van der Waals surface area (Å²) >= 11 is 16.6. The highest BCUT2D eigenvalue weighted by atomic mass is 35.5. The minimum atomic E-state index is -1.30. The van der Waals surface area contributed by atoms with Crippen LogP contribution in [0.1, 0.15) is 13.3 Å². The average Bonchev–Trinajstić information content (AvgIpc) is 1.87. The predicted octanol–water partition coefficient (Wildman–Crippen LogP) is 2.93. The van der Waals surface area contributed by atoms with Crippen molar-refractivity contribution >= 4 is 41.1 Å². The lowest BCUT2D eigenvalue weighted by Crippen LogP contribution is -2.12. The molecule has 0 N–H and O–H groups in total. The van der Waals surface area contributed by atoms with Crippen LogP contribution in [0, 0.1) is 0 Å². The third kappa shape index (κ3) is 6.67. The number of allylic oxidation sites excluding steroid dienone is 2. The van der Waals surface area contributed by atoms with E-state index in [-0.39, 0.29) is 11.8 Å². The highest BCUT2D eigenvalue weighted by molar-refractivity contribution is 6.55. The van der Waals surface area contributed by atoms with E-state index in [2.05, 4.69) is 0 Å². The van der Waals surface area contributed by atoms with Crippen LogP contribution in [0.15, 0.2) is 12.2 Å². The quantitative estimate of drug-likeness (QED) is 0.400. The van der Waals surface area contributed by atoms with Gasteiger partial charge in [-0.2, -0.15) is 0 Å². The number of rotatable bonds is 4. The van der Waals surface area contributed by atoms with Gasteiger partial charge in [0, 0.05) is 11.8 Å². The van der Waals surface area contributed by atoms with Gasteiger partial charge in [0.1, 0.15) is 0 Å². The lowest BCUT2D eigenvalue weighted by atomic mass is 10.3. The number of carbonyl (C=O) groups is 1. The predicted molar refractivity (Wildman–Crippen MR) is 49.6 cm³/mol. The molecule has 0 bridgehead atoms. The molecule has 0 amide bonds. The maximum atomic E-state index is 10.2. The minimum Gasteiger partial charge on any atom is -0.300 e. The van der Waals surface area contributed by atoms with E-state index in [1.807, 2.05) is 6.92 Å². The van der Waals surface area contributed by atoms with E-state index in [0.29, 0.717) is 6.29 Å². The summed E-state index contributed by atoms with van der Waals surface area (Å²) in [7, 11) is 0. The van der Waals surface area contributed by atoms with Crippen LogP contribution in [0.3, 0.4) is 0 Å². The fraction of sp³-hybridized carbons (Fsp3) is 0.571. The highest BCUT2D eigenvalue weighted by Crippen LogP contribution is 2.22. The second-order valence-electron chi connectivity index (χ2n) is 2.19. The lowest BCUT2D eigenvalue weighted by Gasteiger charge is -2.06. The van der Waals surface area contributed by atoms with Crippen LogP contribution in [-0.2, 0) is 4.79 Å². The Morgan fingerprint density at radius 1 is 1.55 bits per heavy atom. The lowest BCUT2D eigenvalue weighted by molar-refractivity contribution is -0.108. The van der Waals surface area contributed by atoms with Crippen molar-refractivity contribution in [2.75, 3.05) is 0 Å². The number of hydrogen-bond acceptors (Lipinski definition) is 1. The number of hydrogen-bond donors (Lipinski definition) is 0. The smallest absolute Gasteiger partial charge is 0.176 e. The van der Waals surface area contributed by atoms with E-state index in [1.165, 1.54) is 0 Å². The van der Waals surface area contributed by atoms with Gasteiger partial charge in [-0.05, 0) is 6.92 Å². The van der Waals surface area contributed by atoms with E-state index >= 15 is 0 Å². The molecule has 1 nitrogen and oxygen atoms in total. The fourth-order valence-corrected chi connectivity index (χ4v) is 0.742. The van der Waals surface area contributed by atoms with Gasteiger partial charge in [-0.25, -0.2) is 0 Å². The first kappa shape index (κ1) is 11.3. The van der Waals surface area contributed by atoms with E-state index < -0.39 is 4.33 Å². The highest BCUT2D eigenvalue weighted by Gasteiger charge is 2.20. The molecule has 0 aliphatic heterocycles. The molecular formula is C7H9Cl3O. The Morgan fingerprint density at radius 3 is 2.45 bits per heavy atom. The van der Waals surface area contributed by atoms with Gasteiger partial charge in [-0.15, -0.1) is 11.6 Å². The molecule has 0 radical (unpaired) electrons. The molecule has 64 valence electrons. The van der Waals surface area contributed by atoms with Crippen molar-refractivity contribution in [2.24, 2.45) is 0 Å². The summed E-state index contributed by atoms with van der Waals surface area (Å²) in [5.41, 5.74) is 0. The fourth-order valence-electron chi connectivity index (χ4n) is 0.461. The second-order valence-corrected chi connectivity index (χ2v) is 4.42. The topological polar surface area (TPSA) is 17.1 Å². The Labute approximate surface area is 81.3 Å². The zero-order valence-electron chi connectivity index (χ0n) is 6.06. The van der Waals surface area contributed by atoms with Gasteiger partial charge >= 0.3 is 0 Å². The van der Waals surface area contributed by atoms with Crippen molar-refractivity contribution in [3.05, 3.63) is 12.2 Å². The summed E-state index contributed by atoms with van der Waals surface area (Å²) in [5, 5.41) is -0.0641. The monoisotopic (exact) mass is 214 g/mol. The van der Waals surface area contributed by atoms with Crippen LogP contribution in [-0.4, -0.2) is 16.0 Å². The van der Waals surface area contributed by atoms with Gasteiger partial charge < -0.3 is 0 Å². The molecule has 0 aromatic heterocycles. The summed E-state index contributed by atoms with van der Waals surface area (Å²) in [6.07, 6.45) is 4.20. The third-order valence-corrected chi connectivity index (χ3v) is 1.60. The molecule has 0 aliphatic rings. The van der Waals surface area contributed by atoms with E-state index in [4.69, 9.17) is 34.8 Å². The minimum absolute atomic E-state index is 0.0641. The van der Waals surface area contributed by atoms with Crippen molar-refractivity contribution in [1.82, 2.24) is 0 Å². The average molecular weight is 216 g/mol. The second kappa shape index (κ2) is 5.02. The first-order chi connectivity index (χ1) is 4.98. The molecule has 4 heteroatoms. The molecule has 1 atom stereocenters. The zero-order chi connectivity index (χ0) is 8.91. The molecule has 0 aliphatic carbocycles. The van der Waals surface area contributed by atoms with Gasteiger partial charge in [-0.1, -0.05) is 35.4 Å². The van der Waals surface area contributed by atoms with Crippen molar-refractivity contribution in [3.63, 3.8) is 0 Å². The molecule has 0 heterocycles. The first-order valence-electron chi connectivity index (χ1n) is 3.13. The number of aldehydes is 1. The van der Waals surface area contributed by atoms with Crippen molar-refractivity contribution in [3.8, 4) is 0 Å². The Balaban J connectivity index is 3.78. The van der Waals surface area contributed by atoms with E-state index in [9.17, 15) is 4.79 Å². The van der Waals surface area contributed by atoms with Crippen LogP contribution < -0.4 is 0 Å². The van der Waals surface area contributed by atoms with Gasteiger partial charge in [-0.3, -0.25) is 4.79 Å². The normalized spacial score (nSPS) is 15.3. The standard InChI is InChI=1S/C7H9Cl3O/c1-6(8)3-2-4-7(9,10)5-11/h2-3,5-6H,4H2,1H3/b3-2+. The van der Waals surface area contributed by atoms with Crippen LogP contribution in [0.25, 0.3) is 0 Å². The number of alkyl halides is 3. The van der Waals surface area contributed by atoms with Crippen molar-refractivity contribution in [2.45, 2.75) is 23.1 Å². The SMILES string of the molecule is CC(Cl)/C=C/CC(Cl)(Cl)C=O. The molecule has 0 saturated carbocycles. The summed E-state index contributed by atoms with van der Waals surface area (Å²) < 4.78 is -1.30. The Hall–Kier alpha value is 0.280. The zero-order valence-corrected chi connectivity index (χ0v) is 8.33. The van der Waals surface area contributed by atoms with Crippen molar-refractivity contribution < 1.29 is 4.79 Å². The van der Waals surface area contributed by atoms with Gasteiger partial charge in [0.25, 0.3) is 0 Å².